The van der Waals surface area contributed by atoms with Gasteiger partial charge in [0, 0.05) is 11.6 Å². The van der Waals surface area contributed by atoms with Crippen LogP contribution >= 0.6 is 0 Å². The minimum Gasteiger partial charge on any atom is -0.271 e. The van der Waals surface area contributed by atoms with E-state index in [0.29, 0.717) is 0 Å². The number of nitrogens with one attached hydrogen (secondary N) is 1. The van der Waals surface area contributed by atoms with Crippen LogP contribution in [-0.4, -0.2) is 4.98 Å². The van der Waals surface area contributed by atoms with Gasteiger partial charge >= 0.3 is 0 Å². The van der Waals surface area contributed by atoms with Crippen molar-refractivity contribution >= 4 is 10.9 Å². The lowest BCUT2D eigenvalue weighted by atomic mass is 9.94. The van der Waals surface area contributed by atoms with Crippen LogP contribution < -0.4 is 11.3 Å². The molecule has 4 heteroatoms. The number of aromatic nitrogens is 1. The van der Waals surface area contributed by atoms with Crippen molar-refractivity contribution in [1.82, 2.24) is 10.4 Å². The number of pyridine rings is 1. The van der Waals surface area contributed by atoms with Crippen molar-refractivity contribution in [3.05, 3.63) is 77.2 Å². The van der Waals surface area contributed by atoms with Crippen molar-refractivity contribution in [2.75, 3.05) is 0 Å². The van der Waals surface area contributed by atoms with Gasteiger partial charge in [-0.3, -0.25) is 10.8 Å². The molecule has 0 amide bonds. The number of nitrogens with two attached hydrogens (primary N) is 1. The number of nitrogens with zero attached hydrogens (tertiary/aromatic N) is 1. The van der Waals surface area contributed by atoms with Gasteiger partial charge in [-0.05, 0) is 53.9 Å². The van der Waals surface area contributed by atoms with Crippen molar-refractivity contribution in [2.24, 2.45) is 5.84 Å². The van der Waals surface area contributed by atoms with Crippen LogP contribution in [0.15, 0.2) is 54.7 Å². The largest absolute Gasteiger partial charge is 0.271 e. The van der Waals surface area contributed by atoms with Crippen LogP contribution in [-0.2, 0) is 0 Å². The highest BCUT2D eigenvalue weighted by atomic mass is 19.1. The highest BCUT2D eigenvalue weighted by molar-refractivity contribution is 5.79. The topological polar surface area (TPSA) is 50.9 Å². The normalized spacial score (nSPS) is 12.5. The van der Waals surface area contributed by atoms with E-state index in [-0.39, 0.29) is 11.9 Å². The van der Waals surface area contributed by atoms with E-state index in [1.54, 1.807) is 12.3 Å². The van der Waals surface area contributed by atoms with Gasteiger partial charge in [-0.1, -0.05) is 18.2 Å². The monoisotopic (exact) mass is 281 g/mol. The lowest BCUT2D eigenvalue weighted by Gasteiger charge is -2.19. The second kappa shape index (κ2) is 5.60. The van der Waals surface area contributed by atoms with Crippen molar-refractivity contribution in [3.8, 4) is 0 Å². The van der Waals surface area contributed by atoms with E-state index in [0.717, 1.165) is 27.6 Å². The fourth-order valence-corrected chi connectivity index (χ4v) is 2.60. The predicted octanol–water partition coefficient (Wildman–Crippen LogP) is 3.24. The highest BCUT2D eigenvalue weighted by Gasteiger charge is 2.15. The number of fused-ring (bicyclic) bond motifs is 1. The Morgan fingerprint density at radius 2 is 2.00 bits per heavy atom. The molecule has 2 aromatic carbocycles. The molecule has 0 radical (unpaired) electrons. The second-order valence-corrected chi connectivity index (χ2v) is 5.06. The van der Waals surface area contributed by atoms with E-state index < -0.39 is 0 Å². The second-order valence-electron chi connectivity index (χ2n) is 5.06. The summed E-state index contributed by atoms with van der Waals surface area (Å²) in [5.74, 6) is 5.49. The number of rotatable bonds is 3. The average Bonchev–Trinajstić information content (AvgIpc) is 2.50. The number of hydrogen-bond acceptors (Lipinski definition) is 3. The van der Waals surface area contributed by atoms with E-state index in [4.69, 9.17) is 5.84 Å². The first-order chi connectivity index (χ1) is 10.2. The standard InChI is InChI=1S/C17H16FN3/c1-11-9-14(18)5-6-15(11)17(21-19)13-4-7-16-12(10-13)3-2-8-20-16/h2-10,17,21H,19H2,1H3. The number of benzene rings is 2. The van der Waals surface area contributed by atoms with Gasteiger partial charge in [-0.15, -0.1) is 0 Å². The lowest BCUT2D eigenvalue weighted by molar-refractivity contribution is 0.612. The Morgan fingerprint density at radius 3 is 2.76 bits per heavy atom. The molecule has 3 nitrogen and oxygen atoms in total. The summed E-state index contributed by atoms with van der Waals surface area (Å²) in [7, 11) is 0. The van der Waals surface area contributed by atoms with Crippen LogP contribution in [0.25, 0.3) is 10.9 Å². The van der Waals surface area contributed by atoms with Crippen molar-refractivity contribution in [2.45, 2.75) is 13.0 Å². The fraction of sp³-hybridized carbons (Fsp3) is 0.118. The summed E-state index contributed by atoms with van der Waals surface area (Å²) in [5, 5.41) is 1.05. The molecule has 1 aromatic heterocycles. The van der Waals surface area contributed by atoms with Gasteiger partial charge < -0.3 is 0 Å². The summed E-state index contributed by atoms with van der Waals surface area (Å²) in [4.78, 5) is 4.31. The minimum absolute atomic E-state index is 0.185. The smallest absolute Gasteiger partial charge is 0.123 e. The Morgan fingerprint density at radius 1 is 1.14 bits per heavy atom. The molecule has 106 valence electrons. The van der Waals surface area contributed by atoms with Gasteiger partial charge in [0.15, 0.2) is 0 Å². The zero-order valence-corrected chi connectivity index (χ0v) is 11.7. The molecule has 0 fully saturated rings. The van der Waals surface area contributed by atoms with E-state index in [1.807, 2.05) is 31.2 Å². The summed E-state index contributed by atoms with van der Waals surface area (Å²) in [6, 6.07) is 14.5. The van der Waals surface area contributed by atoms with Crippen LogP contribution in [0.5, 0.6) is 0 Å². The molecule has 0 spiro atoms. The molecule has 0 saturated heterocycles. The van der Waals surface area contributed by atoms with E-state index in [9.17, 15) is 4.39 Å². The highest BCUT2D eigenvalue weighted by Crippen LogP contribution is 2.27. The van der Waals surface area contributed by atoms with Gasteiger partial charge in [0.25, 0.3) is 0 Å². The van der Waals surface area contributed by atoms with Gasteiger partial charge in [0.2, 0.25) is 0 Å². The summed E-state index contributed by atoms with van der Waals surface area (Å²) >= 11 is 0. The lowest BCUT2D eigenvalue weighted by Crippen LogP contribution is -2.29. The molecule has 3 rings (SSSR count). The van der Waals surface area contributed by atoms with Crippen LogP contribution in [0.1, 0.15) is 22.7 Å². The molecule has 3 aromatic rings. The average molecular weight is 281 g/mol. The Balaban J connectivity index is 2.09. The molecule has 1 heterocycles. The van der Waals surface area contributed by atoms with Crippen LogP contribution in [0.2, 0.25) is 0 Å². The van der Waals surface area contributed by atoms with Crippen LogP contribution in [0.4, 0.5) is 4.39 Å². The molecule has 0 aliphatic carbocycles. The molecular formula is C17H16FN3. The molecular weight excluding hydrogens is 265 g/mol. The van der Waals surface area contributed by atoms with Gasteiger partial charge in [0.1, 0.15) is 5.82 Å². The zero-order valence-electron chi connectivity index (χ0n) is 11.7. The number of halogens is 1. The third kappa shape index (κ3) is 2.63. The first-order valence-electron chi connectivity index (χ1n) is 6.76. The summed E-state index contributed by atoms with van der Waals surface area (Å²) < 4.78 is 13.3. The molecule has 1 unspecified atom stereocenters. The Bertz CT molecular complexity index is 786. The Labute approximate surface area is 122 Å². The van der Waals surface area contributed by atoms with Crippen LogP contribution in [0, 0.1) is 12.7 Å². The first kappa shape index (κ1) is 13.7. The third-order valence-electron chi connectivity index (χ3n) is 3.67. The number of hydrazine groups is 1. The predicted molar refractivity (Wildman–Crippen MR) is 82.0 cm³/mol. The van der Waals surface area contributed by atoms with Crippen molar-refractivity contribution in [1.29, 1.82) is 0 Å². The Kier molecular flexibility index (Phi) is 3.64. The van der Waals surface area contributed by atoms with Crippen molar-refractivity contribution in [3.63, 3.8) is 0 Å². The maximum Gasteiger partial charge on any atom is 0.123 e. The van der Waals surface area contributed by atoms with Crippen LogP contribution in [0.3, 0.4) is 0 Å². The third-order valence-corrected chi connectivity index (χ3v) is 3.67. The first-order valence-corrected chi connectivity index (χ1v) is 6.76. The van der Waals surface area contributed by atoms with E-state index >= 15 is 0 Å². The molecule has 21 heavy (non-hydrogen) atoms. The quantitative estimate of drug-likeness (QED) is 0.572. The minimum atomic E-state index is -0.241. The Hall–Kier alpha value is -2.30. The summed E-state index contributed by atoms with van der Waals surface area (Å²) in [6.45, 7) is 1.88. The molecule has 0 saturated carbocycles. The molecule has 0 aliphatic rings. The number of aryl methyl sites for hydroxylation is 1. The zero-order chi connectivity index (χ0) is 14.8. The number of hydrogen-bond donors (Lipinski definition) is 2. The van der Waals surface area contributed by atoms with Gasteiger partial charge in [0.05, 0.1) is 11.6 Å². The van der Waals surface area contributed by atoms with Gasteiger partial charge in [-0.25, -0.2) is 9.82 Å². The SMILES string of the molecule is Cc1cc(F)ccc1C(NN)c1ccc2ncccc2c1. The maximum absolute atomic E-state index is 13.3. The van der Waals surface area contributed by atoms with E-state index in [2.05, 4.69) is 16.5 Å². The van der Waals surface area contributed by atoms with Crippen molar-refractivity contribution < 1.29 is 4.39 Å². The maximum atomic E-state index is 13.3. The molecule has 1 atom stereocenters. The summed E-state index contributed by atoms with van der Waals surface area (Å²) in [5.41, 5.74) is 6.60. The molecule has 0 aliphatic heterocycles. The molecule has 0 bridgehead atoms. The molecule has 3 N–H and O–H groups in total. The fourth-order valence-electron chi connectivity index (χ4n) is 2.60. The van der Waals surface area contributed by atoms with Gasteiger partial charge in [-0.2, -0.15) is 0 Å². The van der Waals surface area contributed by atoms with E-state index in [1.165, 1.54) is 12.1 Å². The summed E-state index contributed by atoms with van der Waals surface area (Å²) in [6.07, 6.45) is 1.77.